The van der Waals surface area contributed by atoms with Gasteiger partial charge in [0, 0.05) is 94.8 Å². The first-order chi connectivity index (χ1) is 38.9. The number of amides is 5. The van der Waals surface area contributed by atoms with Crippen molar-refractivity contribution in [1.82, 2.24) is 40.9 Å². The van der Waals surface area contributed by atoms with Crippen LogP contribution in [0.1, 0.15) is 130 Å². The van der Waals surface area contributed by atoms with Gasteiger partial charge in [-0.25, -0.2) is 0 Å². The lowest BCUT2D eigenvalue weighted by atomic mass is 9.76. The molecular formula is C66H90N8O6. The van der Waals surface area contributed by atoms with Crippen LogP contribution in [-0.2, 0) is 32.0 Å². The highest BCUT2D eigenvalue weighted by Crippen LogP contribution is 2.35. The first-order valence-corrected chi connectivity index (χ1v) is 30.3. The Balaban J connectivity index is 0.985. The maximum atomic E-state index is 14.8. The first kappa shape index (κ1) is 59.9. The summed E-state index contributed by atoms with van der Waals surface area (Å²) in [5.74, 6) is -0.576. The van der Waals surface area contributed by atoms with E-state index in [-0.39, 0.29) is 83.5 Å². The van der Waals surface area contributed by atoms with Crippen molar-refractivity contribution in [3.8, 4) is 11.1 Å². The number of piperazine rings is 2. The molecule has 0 spiro atoms. The van der Waals surface area contributed by atoms with E-state index in [1.54, 1.807) is 7.05 Å². The Hall–Kier alpha value is -6.22. The third kappa shape index (κ3) is 16.0. The van der Waals surface area contributed by atoms with Crippen LogP contribution in [-0.4, -0.2) is 152 Å². The molecule has 0 radical (unpaired) electrons. The van der Waals surface area contributed by atoms with E-state index in [1.807, 2.05) is 125 Å². The van der Waals surface area contributed by atoms with Crippen molar-refractivity contribution in [2.45, 2.75) is 135 Å². The van der Waals surface area contributed by atoms with Gasteiger partial charge in [-0.2, -0.15) is 0 Å². The van der Waals surface area contributed by atoms with E-state index >= 15 is 0 Å². The van der Waals surface area contributed by atoms with Crippen molar-refractivity contribution in [3.63, 3.8) is 0 Å². The molecule has 430 valence electrons. The fourth-order valence-electron chi connectivity index (χ4n) is 12.5. The largest absolute Gasteiger partial charge is 0.344 e. The molecule has 0 bridgehead atoms. The van der Waals surface area contributed by atoms with Gasteiger partial charge in [-0.1, -0.05) is 137 Å². The molecule has 4 aliphatic rings. The fourth-order valence-corrected chi connectivity index (χ4v) is 12.5. The molecule has 2 saturated heterocycles. The minimum Gasteiger partial charge on any atom is -0.344 e. The highest BCUT2D eigenvalue weighted by Gasteiger charge is 2.41. The molecule has 4 fully saturated rings. The predicted molar refractivity (Wildman–Crippen MR) is 317 cm³/mol. The Morgan fingerprint density at radius 2 is 1.04 bits per heavy atom. The molecule has 8 rings (SSSR count). The molecule has 2 saturated carbocycles. The van der Waals surface area contributed by atoms with E-state index in [9.17, 15) is 28.8 Å². The summed E-state index contributed by atoms with van der Waals surface area (Å²) in [6.45, 7) is 10.8. The number of ketones is 1. The molecule has 5 amide bonds. The maximum absolute atomic E-state index is 14.8. The Bertz CT molecular complexity index is 2440. The van der Waals surface area contributed by atoms with Gasteiger partial charge in [0.05, 0.1) is 18.1 Å². The van der Waals surface area contributed by atoms with Crippen molar-refractivity contribution in [2.24, 2.45) is 23.7 Å². The second kappa shape index (κ2) is 30.0. The van der Waals surface area contributed by atoms with Gasteiger partial charge in [0.1, 0.15) is 11.8 Å². The van der Waals surface area contributed by atoms with Crippen molar-refractivity contribution < 1.29 is 28.8 Å². The lowest BCUT2D eigenvalue weighted by Crippen LogP contribution is -2.63. The quantitative estimate of drug-likeness (QED) is 0.0542. The minimum atomic E-state index is -0.590. The lowest BCUT2D eigenvalue weighted by Gasteiger charge is -2.42. The fraction of sp³-hybridized carbons (Fsp3) is 0.545. The number of hydrogen-bond acceptors (Lipinski definition) is 9. The second-order valence-electron chi connectivity index (χ2n) is 23.3. The number of Topliss-reactive ketones (excluding diaryl/α,β-unsaturated/α-hetero) is 1. The molecule has 80 heavy (non-hydrogen) atoms. The van der Waals surface area contributed by atoms with Gasteiger partial charge in [0.15, 0.2) is 0 Å². The Labute approximate surface area is 476 Å². The molecule has 6 atom stereocenters. The number of carbonyl (C=O) groups is 6. The van der Waals surface area contributed by atoms with Crippen LogP contribution in [0.25, 0.3) is 11.1 Å². The SMILES string of the molecule is CC[C@@H](C)C(=O)N[C@H](C(=O)N1CCNC[C@H]1CN(CCc1ccccc1)C(=O)c1ccc(-c2ccc(C(=O)N(CCc3ccccc3)C[C@@H]3CNCCN3C(=O)[C@@H](CC(=O)[C@H](C)NC)C3CCCCC3)cc2)cc1)C1CCCCC1. The predicted octanol–water partition coefficient (Wildman–Crippen LogP) is 8.20. The van der Waals surface area contributed by atoms with Crippen molar-refractivity contribution >= 4 is 35.3 Å². The monoisotopic (exact) mass is 1090 g/mol. The zero-order chi connectivity index (χ0) is 56.4. The summed E-state index contributed by atoms with van der Waals surface area (Å²) >= 11 is 0. The van der Waals surface area contributed by atoms with Crippen molar-refractivity contribution in [1.29, 1.82) is 0 Å². The van der Waals surface area contributed by atoms with Crippen molar-refractivity contribution in [2.75, 3.05) is 72.5 Å². The summed E-state index contributed by atoms with van der Waals surface area (Å²) in [5, 5.41) is 13.3. The van der Waals surface area contributed by atoms with Crippen LogP contribution >= 0.6 is 0 Å². The number of rotatable bonds is 24. The average molecular weight is 1090 g/mol. The Morgan fingerprint density at radius 1 is 0.588 bits per heavy atom. The molecule has 14 nitrogen and oxygen atoms in total. The molecule has 4 aromatic carbocycles. The molecule has 0 unspecified atom stereocenters. The normalized spacial score (nSPS) is 19.8. The topological polar surface area (TPSA) is 163 Å². The molecule has 2 aliphatic heterocycles. The molecular weight excluding hydrogens is 1000 g/mol. The molecule has 4 aromatic rings. The summed E-state index contributed by atoms with van der Waals surface area (Å²) in [7, 11) is 1.79. The van der Waals surface area contributed by atoms with E-state index in [2.05, 4.69) is 45.5 Å². The molecule has 2 aliphatic carbocycles. The summed E-state index contributed by atoms with van der Waals surface area (Å²) in [6.07, 6.45) is 12.5. The highest BCUT2D eigenvalue weighted by molar-refractivity contribution is 5.96. The summed E-state index contributed by atoms with van der Waals surface area (Å²) in [4.78, 5) is 93.6. The van der Waals surface area contributed by atoms with Crippen LogP contribution in [0.15, 0.2) is 109 Å². The van der Waals surface area contributed by atoms with Gasteiger partial charge in [-0.3, -0.25) is 28.8 Å². The van der Waals surface area contributed by atoms with Gasteiger partial charge < -0.3 is 40.9 Å². The van der Waals surface area contributed by atoms with Gasteiger partial charge in [-0.15, -0.1) is 0 Å². The zero-order valence-corrected chi connectivity index (χ0v) is 48.2. The zero-order valence-electron chi connectivity index (χ0n) is 48.2. The van der Waals surface area contributed by atoms with Crippen LogP contribution in [0.3, 0.4) is 0 Å². The summed E-state index contributed by atoms with van der Waals surface area (Å²) in [5.41, 5.74) is 5.12. The molecule has 2 heterocycles. The van der Waals surface area contributed by atoms with E-state index in [1.165, 1.54) is 0 Å². The van der Waals surface area contributed by atoms with Gasteiger partial charge in [-0.05, 0) is 117 Å². The third-order valence-corrected chi connectivity index (χ3v) is 17.9. The van der Waals surface area contributed by atoms with Crippen LogP contribution in [0, 0.1) is 23.7 Å². The van der Waals surface area contributed by atoms with Crippen LogP contribution in [0.4, 0.5) is 0 Å². The third-order valence-electron chi connectivity index (χ3n) is 17.9. The maximum Gasteiger partial charge on any atom is 0.253 e. The lowest BCUT2D eigenvalue weighted by molar-refractivity contribution is -0.144. The molecule has 4 N–H and O–H groups in total. The van der Waals surface area contributed by atoms with Gasteiger partial charge in [0.2, 0.25) is 17.7 Å². The summed E-state index contributed by atoms with van der Waals surface area (Å²) in [6, 6.07) is 34.1. The number of likely N-dealkylation sites (N-methyl/N-ethyl adjacent to an activating group) is 1. The van der Waals surface area contributed by atoms with E-state index in [4.69, 9.17) is 0 Å². The summed E-state index contributed by atoms with van der Waals surface area (Å²) < 4.78 is 0. The van der Waals surface area contributed by atoms with Crippen LogP contribution in [0.2, 0.25) is 0 Å². The van der Waals surface area contributed by atoms with Gasteiger partial charge >= 0.3 is 0 Å². The Morgan fingerprint density at radius 3 is 1.49 bits per heavy atom. The highest BCUT2D eigenvalue weighted by atomic mass is 16.2. The van der Waals surface area contributed by atoms with E-state index < -0.39 is 6.04 Å². The van der Waals surface area contributed by atoms with Crippen molar-refractivity contribution in [3.05, 3.63) is 131 Å². The minimum absolute atomic E-state index is 0.0375. The van der Waals surface area contributed by atoms with Crippen LogP contribution in [0.5, 0.6) is 0 Å². The average Bonchev–Trinajstić information content (AvgIpc) is 3.55. The van der Waals surface area contributed by atoms with E-state index in [0.717, 1.165) is 86.5 Å². The Kier molecular flexibility index (Phi) is 22.5. The number of carbonyl (C=O) groups excluding carboxylic acids is 6. The number of hydrogen-bond donors (Lipinski definition) is 4. The second-order valence-corrected chi connectivity index (χ2v) is 23.3. The molecule has 0 aromatic heterocycles. The first-order valence-electron chi connectivity index (χ1n) is 30.3. The van der Waals surface area contributed by atoms with E-state index in [0.29, 0.717) is 95.8 Å². The number of benzene rings is 4. The van der Waals surface area contributed by atoms with Gasteiger partial charge in [0.25, 0.3) is 11.8 Å². The number of nitrogens with one attached hydrogen (secondary N) is 4. The standard InChI is InChI=1S/C66H90N8O6/c1-5-47(2)62(76)70-61(54-24-16-9-17-25-54)66(80)74-41-37-69-44-58(74)46-72(39-35-50-20-12-7-13-21-50)64(78)56-32-28-52(29-33-56)51-26-30-55(31-27-51)63(77)71(38-34-49-18-10-6-11-19-49)45-57-43-68-36-40-73(57)65(79)59(42-60(75)48(3)67-4)53-22-14-8-15-23-53/h6-7,10-13,18-21,26-33,47-48,53-54,57-59,61,67-69H,5,8-9,14-17,22-25,34-46H2,1-4H3,(H,70,76)/t47-,48+,57+,58+,59+,61+/m1/s1. The smallest absolute Gasteiger partial charge is 0.253 e. The molecule has 14 heteroatoms. The van der Waals surface area contributed by atoms with Crippen LogP contribution < -0.4 is 21.3 Å². The number of nitrogens with zero attached hydrogens (tertiary/aromatic N) is 4.